The van der Waals surface area contributed by atoms with E-state index in [1.165, 1.54) is 51.4 Å². The van der Waals surface area contributed by atoms with Gasteiger partial charge in [-0.15, -0.1) is 0 Å². The molecule has 4 aliphatic carbocycles. The van der Waals surface area contributed by atoms with Crippen molar-refractivity contribution in [3.8, 4) is 0 Å². The van der Waals surface area contributed by atoms with E-state index < -0.39 is 0 Å². The van der Waals surface area contributed by atoms with Gasteiger partial charge in [0.25, 0.3) is 0 Å². The summed E-state index contributed by atoms with van der Waals surface area (Å²) in [7, 11) is 0. The average Bonchev–Trinajstić information content (AvgIpc) is 3.10. The third-order valence-electron chi connectivity index (χ3n) is 10.4. The summed E-state index contributed by atoms with van der Waals surface area (Å²) in [6, 6.07) is 0. The van der Waals surface area contributed by atoms with Crippen LogP contribution in [-0.4, -0.2) is 17.4 Å². The number of alkyl halides is 1. The van der Waals surface area contributed by atoms with E-state index in [-0.39, 0.29) is 12.1 Å². The number of carbonyl (C=O) groups excluding carboxylic acids is 1. The molecule has 0 heterocycles. The van der Waals surface area contributed by atoms with Crippen LogP contribution in [0, 0.1) is 52.8 Å². The molecule has 3 heteroatoms. The fourth-order valence-electron chi connectivity index (χ4n) is 9.05. The zero-order chi connectivity index (χ0) is 23.0. The molecule has 0 spiro atoms. The highest BCUT2D eigenvalue weighted by molar-refractivity contribution is 9.09. The number of fused-ring (bicyclic) bond motifs is 5. The van der Waals surface area contributed by atoms with Gasteiger partial charge in [-0.3, -0.25) is 4.79 Å². The summed E-state index contributed by atoms with van der Waals surface area (Å²) in [4.78, 5) is 11.8. The minimum absolute atomic E-state index is 0.0884. The van der Waals surface area contributed by atoms with Gasteiger partial charge in [0.05, 0.1) is 0 Å². The van der Waals surface area contributed by atoms with E-state index in [9.17, 15) is 4.79 Å². The fraction of sp³-hybridized carbons (Fsp3) is 0.897. The van der Waals surface area contributed by atoms with Gasteiger partial charge in [0.1, 0.15) is 11.4 Å². The van der Waals surface area contributed by atoms with Crippen LogP contribution in [0.5, 0.6) is 0 Å². The first-order valence-corrected chi connectivity index (χ1v) is 14.8. The van der Waals surface area contributed by atoms with Gasteiger partial charge in [0.2, 0.25) is 0 Å². The van der Waals surface area contributed by atoms with Crippen LogP contribution in [0.15, 0.2) is 11.6 Å². The molecular formula is C29H47BrO2. The second kappa shape index (κ2) is 10.1. The molecule has 3 unspecified atom stereocenters. The molecule has 9 atom stereocenters. The van der Waals surface area contributed by atoms with Crippen molar-refractivity contribution in [2.24, 2.45) is 52.8 Å². The number of hydrogen-bond donors (Lipinski definition) is 0. The maximum absolute atomic E-state index is 11.8. The highest BCUT2D eigenvalue weighted by atomic mass is 79.9. The van der Waals surface area contributed by atoms with Gasteiger partial charge in [-0.05, 0) is 91.3 Å². The van der Waals surface area contributed by atoms with Gasteiger partial charge in [0, 0.05) is 6.42 Å². The van der Waals surface area contributed by atoms with Gasteiger partial charge in [-0.1, -0.05) is 81.5 Å². The summed E-state index contributed by atoms with van der Waals surface area (Å²) in [5.74, 6) is 6.59. The molecule has 0 radical (unpaired) electrons. The standard InChI is InChI=1S/C29H47BrO2/c1-18(2)7-6-8-19(3)25-11-12-26-23-10-9-21-16-22(32-27(31)17-30)15-20(4)28(21)24(23)13-14-29(25,26)5/h9,18-20,22-26,28H,6-8,10-17H2,1-5H3/t19-,20-,22?,23-,24+,25?,26+,28?,29-/m1/s1. The van der Waals surface area contributed by atoms with E-state index in [1.54, 1.807) is 5.57 Å². The number of halogens is 1. The molecule has 0 bridgehead atoms. The molecule has 4 rings (SSSR count). The van der Waals surface area contributed by atoms with E-state index in [4.69, 9.17) is 4.74 Å². The van der Waals surface area contributed by atoms with Crippen molar-refractivity contribution in [3.05, 3.63) is 11.6 Å². The maximum Gasteiger partial charge on any atom is 0.316 e. The lowest BCUT2D eigenvalue weighted by atomic mass is 9.50. The Hall–Kier alpha value is -0.310. The summed E-state index contributed by atoms with van der Waals surface area (Å²) in [5.41, 5.74) is 2.19. The van der Waals surface area contributed by atoms with Gasteiger partial charge in [-0.2, -0.15) is 0 Å². The zero-order valence-electron chi connectivity index (χ0n) is 21.2. The van der Waals surface area contributed by atoms with Crippen LogP contribution in [-0.2, 0) is 9.53 Å². The van der Waals surface area contributed by atoms with Gasteiger partial charge in [0.15, 0.2) is 0 Å². The Morgan fingerprint density at radius 2 is 1.97 bits per heavy atom. The number of esters is 1. The van der Waals surface area contributed by atoms with Gasteiger partial charge < -0.3 is 4.74 Å². The lowest BCUT2D eigenvalue weighted by Crippen LogP contribution is -2.48. The zero-order valence-corrected chi connectivity index (χ0v) is 22.8. The van der Waals surface area contributed by atoms with Crippen molar-refractivity contribution in [3.63, 3.8) is 0 Å². The van der Waals surface area contributed by atoms with Crippen LogP contribution < -0.4 is 0 Å². The van der Waals surface area contributed by atoms with Crippen LogP contribution in [0.3, 0.4) is 0 Å². The summed E-state index contributed by atoms with van der Waals surface area (Å²) in [5, 5.41) is 0.308. The third kappa shape index (κ3) is 4.76. The minimum Gasteiger partial charge on any atom is -0.461 e. The summed E-state index contributed by atoms with van der Waals surface area (Å²) in [6.07, 6.45) is 16.0. The molecule has 0 amide bonds. The molecular weight excluding hydrogens is 460 g/mol. The van der Waals surface area contributed by atoms with Gasteiger partial charge in [-0.25, -0.2) is 0 Å². The minimum atomic E-state index is -0.108. The summed E-state index contributed by atoms with van der Waals surface area (Å²) < 4.78 is 5.74. The molecule has 2 nitrogen and oxygen atoms in total. The topological polar surface area (TPSA) is 26.3 Å². The van der Waals surface area contributed by atoms with E-state index >= 15 is 0 Å². The molecule has 0 saturated heterocycles. The summed E-state index contributed by atoms with van der Waals surface area (Å²) >= 11 is 3.25. The fourth-order valence-corrected chi connectivity index (χ4v) is 9.18. The van der Waals surface area contributed by atoms with Crippen molar-refractivity contribution in [2.45, 2.75) is 105 Å². The Labute approximate surface area is 205 Å². The Kier molecular flexibility index (Phi) is 7.85. The molecule has 0 aliphatic heterocycles. The molecule has 0 aromatic carbocycles. The van der Waals surface area contributed by atoms with Gasteiger partial charge >= 0.3 is 5.97 Å². The molecule has 3 fully saturated rings. The Morgan fingerprint density at radius 1 is 1.19 bits per heavy atom. The van der Waals surface area contributed by atoms with E-state index in [1.807, 2.05) is 0 Å². The molecule has 4 aliphatic rings. The molecule has 0 aromatic rings. The monoisotopic (exact) mass is 506 g/mol. The van der Waals surface area contributed by atoms with E-state index in [0.717, 1.165) is 54.3 Å². The number of carbonyl (C=O) groups is 1. The molecule has 0 aromatic heterocycles. The van der Waals surface area contributed by atoms with Crippen molar-refractivity contribution in [2.75, 3.05) is 5.33 Å². The number of ether oxygens (including phenoxy) is 1. The largest absolute Gasteiger partial charge is 0.461 e. The molecule has 0 N–H and O–H groups in total. The van der Waals surface area contributed by atoms with Crippen molar-refractivity contribution < 1.29 is 9.53 Å². The maximum atomic E-state index is 11.8. The smallest absolute Gasteiger partial charge is 0.316 e. The molecule has 32 heavy (non-hydrogen) atoms. The van der Waals surface area contributed by atoms with E-state index in [0.29, 0.717) is 16.7 Å². The molecule has 182 valence electrons. The Bertz CT molecular complexity index is 699. The van der Waals surface area contributed by atoms with Crippen LogP contribution in [0.1, 0.15) is 98.8 Å². The lowest BCUT2D eigenvalue weighted by Gasteiger charge is -2.55. The highest BCUT2D eigenvalue weighted by Crippen LogP contribution is 2.65. The van der Waals surface area contributed by atoms with Crippen molar-refractivity contribution in [1.29, 1.82) is 0 Å². The summed E-state index contributed by atoms with van der Waals surface area (Å²) in [6.45, 7) is 12.4. The number of hydrogen-bond acceptors (Lipinski definition) is 2. The Morgan fingerprint density at radius 3 is 2.69 bits per heavy atom. The van der Waals surface area contributed by atoms with Crippen LogP contribution >= 0.6 is 15.9 Å². The van der Waals surface area contributed by atoms with Crippen molar-refractivity contribution >= 4 is 21.9 Å². The average molecular weight is 508 g/mol. The first kappa shape index (κ1) is 24.8. The first-order chi connectivity index (χ1) is 15.2. The second-order valence-electron chi connectivity index (χ2n) is 12.7. The second-order valence-corrected chi connectivity index (χ2v) is 13.2. The van der Waals surface area contributed by atoms with E-state index in [2.05, 4.69) is 56.6 Å². The van der Waals surface area contributed by atoms with Crippen LogP contribution in [0.25, 0.3) is 0 Å². The first-order valence-electron chi connectivity index (χ1n) is 13.7. The number of allylic oxidation sites excluding steroid dienone is 1. The van der Waals surface area contributed by atoms with Crippen LogP contribution in [0.4, 0.5) is 0 Å². The predicted molar refractivity (Wildman–Crippen MR) is 137 cm³/mol. The SMILES string of the molecule is CC(C)CCC[C@@H](C)C1CC[C@H]2[C@@H]3CC=C4CC(OC(=O)CBr)C[C@@H](C)C4[C@H]3CC[C@]12C. The normalized spacial score (nSPS) is 42.0. The Balaban J connectivity index is 1.44. The predicted octanol–water partition coefficient (Wildman–Crippen LogP) is 8.19. The van der Waals surface area contributed by atoms with Crippen LogP contribution in [0.2, 0.25) is 0 Å². The third-order valence-corrected chi connectivity index (χ3v) is 10.8. The van der Waals surface area contributed by atoms with Crippen molar-refractivity contribution in [1.82, 2.24) is 0 Å². The number of rotatable bonds is 7. The highest BCUT2D eigenvalue weighted by Gasteiger charge is 2.57. The molecule has 3 saturated carbocycles. The lowest BCUT2D eigenvalue weighted by molar-refractivity contribution is -0.148. The quantitative estimate of drug-likeness (QED) is 0.197.